The first kappa shape index (κ1) is 18.2. The summed E-state index contributed by atoms with van der Waals surface area (Å²) in [7, 11) is 0. The van der Waals surface area contributed by atoms with Crippen molar-refractivity contribution >= 4 is 28.1 Å². The van der Waals surface area contributed by atoms with Crippen LogP contribution in [0, 0.1) is 11.9 Å². The lowest BCUT2D eigenvalue weighted by atomic mass is 9.80. The van der Waals surface area contributed by atoms with Crippen LogP contribution >= 0.6 is 11.5 Å². The molecule has 1 aromatic rings. The molecule has 0 bridgehead atoms. The van der Waals surface area contributed by atoms with E-state index >= 15 is 4.39 Å². The molecule has 6 rings (SSSR count). The van der Waals surface area contributed by atoms with E-state index in [2.05, 4.69) is 9.69 Å². The Hall–Kier alpha value is -2.59. The van der Waals surface area contributed by atoms with E-state index in [0.717, 1.165) is 24.6 Å². The highest BCUT2D eigenvalue weighted by Gasteiger charge is 2.51. The van der Waals surface area contributed by atoms with E-state index in [0.29, 0.717) is 47.9 Å². The number of carbonyl (C=O) groups is 2. The number of hydrogen-bond acceptors (Lipinski definition) is 8. The summed E-state index contributed by atoms with van der Waals surface area (Å²) in [4.78, 5) is 28.4. The summed E-state index contributed by atoms with van der Waals surface area (Å²) in [6.45, 7) is 2.74. The van der Waals surface area contributed by atoms with Crippen molar-refractivity contribution in [3.63, 3.8) is 0 Å². The van der Waals surface area contributed by atoms with E-state index in [1.807, 2.05) is 11.0 Å². The van der Waals surface area contributed by atoms with Crippen molar-refractivity contribution < 1.29 is 23.1 Å². The molecule has 0 amide bonds. The number of ether oxygens (including phenoxy) is 1. The van der Waals surface area contributed by atoms with Crippen LogP contribution in [-0.2, 0) is 20.7 Å². The normalized spacial score (nSPS) is 28.1. The topological polar surface area (TPSA) is 74.8 Å². The standard InChI is InChI=1S/C20H18F2N4O3S/c21-14-12(25-5-3-23-4-6-25)8-9-7-10-19(22)24-30-20(10)26-11-1-2-13(27)16(28)17(11)29-18(14)15(9)26/h8-9,15,23H,1-7H2. The molecule has 1 aromatic heterocycles. The van der Waals surface area contributed by atoms with Gasteiger partial charge in [-0.15, -0.1) is 0 Å². The van der Waals surface area contributed by atoms with Crippen molar-refractivity contribution in [3.05, 3.63) is 46.3 Å². The van der Waals surface area contributed by atoms with Gasteiger partial charge >= 0.3 is 0 Å². The minimum Gasteiger partial charge on any atom is -0.450 e. The maximum Gasteiger partial charge on any atom is 0.265 e. The molecule has 0 aromatic carbocycles. The largest absolute Gasteiger partial charge is 0.450 e. The Morgan fingerprint density at radius 3 is 2.80 bits per heavy atom. The van der Waals surface area contributed by atoms with Gasteiger partial charge in [0.2, 0.25) is 11.7 Å². The first-order valence-electron chi connectivity index (χ1n) is 10.0. The number of rotatable bonds is 1. The average Bonchev–Trinajstić information content (AvgIpc) is 3.14. The van der Waals surface area contributed by atoms with Crippen LogP contribution in [0.2, 0.25) is 0 Å². The molecule has 156 valence electrons. The monoisotopic (exact) mass is 432 g/mol. The minimum absolute atomic E-state index is 0.0392. The molecule has 0 saturated carbocycles. The average molecular weight is 432 g/mol. The summed E-state index contributed by atoms with van der Waals surface area (Å²) in [5, 5.41) is 3.81. The van der Waals surface area contributed by atoms with Gasteiger partial charge in [-0.25, -0.2) is 4.39 Å². The summed E-state index contributed by atoms with van der Waals surface area (Å²) in [5.74, 6) is -2.67. The number of hydrogen-bond donors (Lipinski definition) is 1. The Labute approximate surface area is 174 Å². The number of fused-ring (bicyclic) bond motifs is 3. The van der Waals surface area contributed by atoms with E-state index in [1.54, 1.807) is 4.90 Å². The van der Waals surface area contributed by atoms with Gasteiger partial charge < -0.3 is 19.9 Å². The van der Waals surface area contributed by atoms with Gasteiger partial charge in [0.05, 0.1) is 11.4 Å². The number of ketones is 2. The van der Waals surface area contributed by atoms with Gasteiger partial charge in [-0.2, -0.15) is 8.76 Å². The summed E-state index contributed by atoms with van der Waals surface area (Å²) in [6, 6.07) is -0.510. The van der Waals surface area contributed by atoms with Gasteiger partial charge in [0.25, 0.3) is 5.78 Å². The zero-order valence-corrected chi connectivity index (χ0v) is 16.7. The third kappa shape index (κ3) is 2.40. The molecule has 30 heavy (non-hydrogen) atoms. The van der Waals surface area contributed by atoms with Gasteiger partial charge in [-0.05, 0) is 24.4 Å². The fraction of sp³-hybridized carbons (Fsp3) is 0.450. The van der Waals surface area contributed by atoms with Gasteiger partial charge in [-0.3, -0.25) is 9.59 Å². The zero-order chi connectivity index (χ0) is 20.6. The molecule has 5 aliphatic rings. The molecule has 0 spiro atoms. The maximum absolute atomic E-state index is 15.7. The quantitative estimate of drug-likeness (QED) is 0.679. The molecular weight excluding hydrogens is 414 g/mol. The molecule has 2 atom stereocenters. The number of carbonyl (C=O) groups excluding carboxylic acids is 2. The SMILES string of the molecule is O=C1CCC2=C(OC3=C(F)C(N4CCNCC4)=CC4Cc5c(F)nsc5N2C34)C1=O. The molecule has 2 aliphatic carbocycles. The van der Waals surface area contributed by atoms with Crippen LogP contribution in [-0.4, -0.2) is 53.1 Å². The molecule has 0 radical (unpaired) electrons. The molecule has 1 saturated heterocycles. The van der Waals surface area contributed by atoms with Crippen LogP contribution in [0.25, 0.3) is 0 Å². The first-order chi connectivity index (χ1) is 14.5. The number of anilines is 1. The molecule has 7 nitrogen and oxygen atoms in total. The lowest BCUT2D eigenvalue weighted by molar-refractivity contribution is -0.137. The number of halogens is 2. The van der Waals surface area contributed by atoms with Crippen LogP contribution in [0.5, 0.6) is 0 Å². The Morgan fingerprint density at radius 2 is 2.00 bits per heavy atom. The number of piperazine rings is 1. The second-order valence-electron chi connectivity index (χ2n) is 8.04. The first-order valence-corrected chi connectivity index (χ1v) is 10.8. The van der Waals surface area contributed by atoms with Crippen molar-refractivity contribution in [3.8, 4) is 0 Å². The van der Waals surface area contributed by atoms with Crippen molar-refractivity contribution in [2.24, 2.45) is 5.92 Å². The van der Waals surface area contributed by atoms with Gasteiger partial charge in [0.1, 0.15) is 11.0 Å². The van der Waals surface area contributed by atoms with Gasteiger partial charge in [-0.1, -0.05) is 6.08 Å². The van der Waals surface area contributed by atoms with Gasteiger partial charge in [0, 0.05) is 44.1 Å². The van der Waals surface area contributed by atoms with Crippen LogP contribution in [0.1, 0.15) is 18.4 Å². The molecule has 1 N–H and O–H groups in total. The maximum atomic E-state index is 15.7. The number of aromatic nitrogens is 1. The summed E-state index contributed by atoms with van der Waals surface area (Å²) >= 11 is 0.995. The third-order valence-corrected chi connectivity index (χ3v) is 7.28. The fourth-order valence-corrected chi connectivity index (χ4v) is 5.88. The molecule has 3 aliphatic heterocycles. The minimum atomic E-state index is -0.748. The summed E-state index contributed by atoms with van der Waals surface area (Å²) in [6.07, 6.45) is 2.61. The highest BCUT2D eigenvalue weighted by Crippen LogP contribution is 2.51. The van der Waals surface area contributed by atoms with Crippen LogP contribution in [0.15, 0.2) is 34.8 Å². The van der Waals surface area contributed by atoms with Crippen LogP contribution in [0.4, 0.5) is 13.8 Å². The summed E-state index contributed by atoms with van der Waals surface area (Å²) < 4.78 is 39.9. The highest BCUT2D eigenvalue weighted by molar-refractivity contribution is 7.10. The van der Waals surface area contributed by atoms with Crippen molar-refractivity contribution in [2.45, 2.75) is 25.3 Å². The number of Topliss-reactive ketones (excluding diaryl/α,β-unsaturated/α-hetero) is 2. The van der Waals surface area contributed by atoms with Crippen LogP contribution < -0.4 is 10.2 Å². The Morgan fingerprint density at radius 1 is 1.20 bits per heavy atom. The Balaban J connectivity index is 1.55. The molecule has 1 fully saturated rings. The Bertz CT molecular complexity index is 1090. The lowest BCUT2D eigenvalue weighted by Gasteiger charge is -2.49. The van der Waals surface area contributed by atoms with Crippen molar-refractivity contribution in [1.82, 2.24) is 14.6 Å². The van der Waals surface area contributed by atoms with E-state index in [1.165, 1.54) is 0 Å². The van der Waals surface area contributed by atoms with E-state index in [4.69, 9.17) is 4.74 Å². The number of nitrogens with zero attached hydrogens (tertiary/aromatic N) is 3. The van der Waals surface area contributed by atoms with Gasteiger partial charge in [0.15, 0.2) is 17.3 Å². The van der Waals surface area contributed by atoms with E-state index in [9.17, 15) is 14.0 Å². The second kappa shape index (κ2) is 6.45. The fourth-order valence-electron chi connectivity index (χ4n) is 5.01. The third-order valence-electron chi connectivity index (χ3n) is 6.41. The highest BCUT2D eigenvalue weighted by atomic mass is 32.1. The molecular formula is C20H18F2N4O3S. The molecule has 2 unspecified atom stereocenters. The van der Waals surface area contributed by atoms with Crippen molar-refractivity contribution in [1.29, 1.82) is 0 Å². The number of nitrogens with one attached hydrogen (secondary N) is 1. The lowest BCUT2D eigenvalue weighted by Crippen LogP contribution is -2.53. The predicted molar refractivity (Wildman–Crippen MR) is 104 cm³/mol. The van der Waals surface area contributed by atoms with E-state index < -0.39 is 29.4 Å². The summed E-state index contributed by atoms with van der Waals surface area (Å²) in [5.41, 5.74) is 1.41. The number of allylic oxidation sites excluding steroid dienone is 3. The van der Waals surface area contributed by atoms with Crippen molar-refractivity contribution in [2.75, 3.05) is 31.1 Å². The predicted octanol–water partition coefficient (Wildman–Crippen LogP) is 1.79. The molecule has 4 heterocycles. The van der Waals surface area contributed by atoms with E-state index in [-0.39, 0.29) is 23.9 Å². The molecule has 10 heteroatoms. The second-order valence-corrected chi connectivity index (χ2v) is 8.79. The van der Waals surface area contributed by atoms with Crippen LogP contribution in [0.3, 0.4) is 0 Å². The Kier molecular flexibility index (Phi) is 3.91. The zero-order valence-electron chi connectivity index (χ0n) is 15.9. The smallest absolute Gasteiger partial charge is 0.265 e.